The molecule has 1 rings (SSSR count). The van der Waals surface area contributed by atoms with E-state index in [1.807, 2.05) is 0 Å². The van der Waals surface area contributed by atoms with Gasteiger partial charge in [0.2, 0.25) is 10.0 Å². The van der Waals surface area contributed by atoms with Crippen LogP contribution in [-0.2, 0) is 14.8 Å². The van der Waals surface area contributed by atoms with Gasteiger partial charge in [-0.25, -0.2) is 8.42 Å². The Bertz CT molecular complexity index is 596. The molecule has 0 fully saturated rings. The second-order valence-electron chi connectivity index (χ2n) is 5.24. The maximum Gasteiger partial charge on any atom is 0.279 e. The monoisotopic (exact) mass is 344 g/mol. The molecule has 130 valence electrons. The molecule has 0 saturated heterocycles. The third-order valence-electron chi connectivity index (χ3n) is 3.32. The van der Waals surface area contributed by atoms with Gasteiger partial charge in [-0.1, -0.05) is 13.8 Å². The smallest absolute Gasteiger partial charge is 0.279 e. The lowest BCUT2D eigenvalue weighted by Gasteiger charge is -2.18. The zero-order valence-electron chi connectivity index (χ0n) is 13.8. The van der Waals surface area contributed by atoms with Crippen molar-refractivity contribution >= 4 is 21.6 Å². The maximum atomic E-state index is 12.3. The summed E-state index contributed by atoms with van der Waals surface area (Å²) >= 11 is 0. The fourth-order valence-electron chi connectivity index (χ4n) is 2.09. The van der Waals surface area contributed by atoms with E-state index in [-0.39, 0.29) is 17.3 Å². The summed E-state index contributed by atoms with van der Waals surface area (Å²) in [5, 5.41) is 13.5. The van der Waals surface area contributed by atoms with Crippen LogP contribution in [0.2, 0.25) is 0 Å². The summed E-state index contributed by atoms with van der Waals surface area (Å²) in [4.78, 5) is 11.9. The van der Waals surface area contributed by atoms with Crippen LogP contribution in [0.1, 0.15) is 20.8 Å². The quantitative estimate of drug-likeness (QED) is 0.567. The number of hydrogen-bond acceptors (Lipinski definition) is 4. The highest BCUT2D eigenvalue weighted by atomic mass is 32.2. The number of anilines is 1. The molecule has 0 aromatic heterocycles. The van der Waals surface area contributed by atoms with Gasteiger partial charge in [-0.2, -0.15) is 4.31 Å². The molecule has 7 nitrogen and oxygen atoms in total. The SMILES string of the molecule is CCN(CC)S(=O)(=O)c1ccc(NC(=O)C[NH2+]C[C@H](C)O)cc1. The summed E-state index contributed by atoms with van der Waals surface area (Å²) in [6.07, 6.45) is -0.465. The van der Waals surface area contributed by atoms with Crippen molar-refractivity contribution < 1.29 is 23.6 Å². The molecule has 23 heavy (non-hydrogen) atoms. The lowest BCUT2D eigenvalue weighted by molar-refractivity contribution is -0.649. The summed E-state index contributed by atoms with van der Waals surface area (Å²) in [6, 6.07) is 6.12. The minimum atomic E-state index is -3.48. The molecule has 8 heteroatoms. The summed E-state index contributed by atoms with van der Waals surface area (Å²) < 4.78 is 26.1. The fourth-order valence-corrected chi connectivity index (χ4v) is 3.55. The van der Waals surface area contributed by atoms with Crippen LogP contribution in [0, 0.1) is 0 Å². The Hall–Kier alpha value is -1.48. The van der Waals surface area contributed by atoms with Crippen molar-refractivity contribution in [3.63, 3.8) is 0 Å². The number of nitrogens with one attached hydrogen (secondary N) is 1. The fraction of sp³-hybridized carbons (Fsp3) is 0.533. The second-order valence-corrected chi connectivity index (χ2v) is 7.18. The van der Waals surface area contributed by atoms with E-state index >= 15 is 0 Å². The number of nitrogens with zero attached hydrogens (tertiary/aromatic N) is 1. The average Bonchev–Trinajstić information content (AvgIpc) is 2.48. The van der Waals surface area contributed by atoms with Gasteiger partial charge in [0, 0.05) is 18.8 Å². The Balaban J connectivity index is 2.68. The van der Waals surface area contributed by atoms with E-state index in [4.69, 9.17) is 5.11 Å². The molecule has 1 atom stereocenters. The Morgan fingerprint density at radius 1 is 1.26 bits per heavy atom. The van der Waals surface area contributed by atoms with E-state index in [1.54, 1.807) is 38.2 Å². The van der Waals surface area contributed by atoms with Crippen molar-refractivity contribution in [1.29, 1.82) is 0 Å². The van der Waals surface area contributed by atoms with Crippen LogP contribution in [0.3, 0.4) is 0 Å². The molecular weight excluding hydrogens is 318 g/mol. The van der Waals surface area contributed by atoms with Crippen molar-refractivity contribution in [2.75, 3.05) is 31.5 Å². The van der Waals surface area contributed by atoms with Crippen LogP contribution >= 0.6 is 0 Å². The number of carbonyl (C=O) groups is 1. The van der Waals surface area contributed by atoms with Gasteiger partial charge < -0.3 is 15.7 Å². The molecule has 4 N–H and O–H groups in total. The number of nitrogens with two attached hydrogens (primary N) is 1. The van der Waals surface area contributed by atoms with E-state index in [2.05, 4.69) is 5.32 Å². The summed E-state index contributed by atoms with van der Waals surface area (Å²) in [7, 11) is -3.48. The van der Waals surface area contributed by atoms with Crippen LogP contribution in [0.25, 0.3) is 0 Å². The zero-order chi connectivity index (χ0) is 17.5. The normalized spacial score (nSPS) is 13.1. The first-order chi connectivity index (χ1) is 10.8. The topological polar surface area (TPSA) is 103 Å². The molecule has 0 spiro atoms. The number of amides is 1. The van der Waals surface area contributed by atoms with Crippen molar-refractivity contribution in [2.24, 2.45) is 0 Å². The third kappa shape index (κ3) is 5.91. The zero-order valence-corrected chi connectivity index (χ0v) is 14.6. The van der Waals surface area contributed by atoms with Crippen molar-refractivity contribution in [1.82, 2.24) is 4.31 Å². The van der Waals surface area contributed by atoms with Crippen molar-refractivity contribution in [3.8, 4) is 0 Å². The van der Waals surface area contributed by atoms with E-state index in [0.29, 0.717) is 25.3 Å². The van der Waals surface area contributed by atoms with Crippen molar-refractivity contribution in [3.05, 3.63) is 24.3 Å². The van der Waals surface area contributed by atoms with Crippen LogP contribution in [-0.4, -0.2) is 56.0 Å². The molecular formula is C15H26N3O4S+. The van der Waals surface area contributed by atoms with Gasteiger partial charge in [0.15, 0.2) is 6.54 Å². The number of hydrogen-bond donors (Lipinski definition) is 3. The lowest BCUT2D eigenvalue weighted by Crippen LogP contribution is -2.88. The number of rotatable bonds is 9. The number of aliphatic hydroxyl groups is 1. The standard InChI is InChI=1S/C15H25N3O4S/c1-4-18(5-2)23(21,22)14-8-6-13(7-9-14)17-15(20)11-16-10-12(3)19/h6-9,12,16,19H,4-5,10-11H2,1-3H3,(H,17,20)/p+1/t12-/m0/s1. The number of benzene rings is 1. The molecule has 0 aliphatic heterocycles. The van der Waals surface area contributed by atoms with Gasteiger partial charge in [-0.15, -0.1) is 0 Å². The molecule has 0 saturated carbocycles. The lowest BCUT2D eigenvalue weighted by atomic mass is 10.3. The van der Waals surface area contributed by atoms with Gasteiger partial charge in [0.05, 0.1) is 11.0 Å². The molecule has 1 amide bonds. The first-order valence-electron chi connectivity index (χ1n) is 7.71. The van der Waals surface area contributed by atoms with Gasteiger partial charge >= 0.3 is 0 Å². The van der Waals surface area contributed by atoms with Gasteiger partial charge in [-0.05, 0) is 31.2 Å². The number of sulfonamides is 1. The van der Waals surface area contributed by atoms with Gasteiger partial charge in [0.25, 0.3) is 5.91 Å². The third-order valence-corrected chi connectivity index (χ3v) is 5.38. The molecule has 1 aromatic carbocycles. The van der Waals surface area contributed by atoms with E-state index in [1.165, 1.54) is 16.4 Å². The van der Waals surface area contributed by atoms with E-state index < -0.39 is 16.1 Å². The number of quaternary nitrogens is 1. The first-order valence-corrected chi connectivity index (χ1v) is 9.15. The van der Waals surface area contributed by atoms with Crippen LogP contribution < -0.4 is 10.6 Å². The molecule has 0 unspecified atom stereocenters. The minimum absolute atomic E-state index is 0.199. The Morgan fingerprint density at radius 2 is 1.83 bits per heavy atom. The van der Waals surface area contributed by atoms with Gasteiger partial charge in [0.1, 0.15) is 6.54 Å². The number of aliphatic hydroxyl groups excluding tert-OH is 1. The Morgan fingerprint density at radius 3 is 2.30 bits per heavy atom. The van der Waals surface area contributed by atoms with E-state index in [0.717, 1.165) is 0 Å². The highest BCUT2D eigenvalue weighted by Gasteiger charge is 2.21. The highest BCUT2D eigenvalue weighted by molar-refractivity contribution is 7.89. The molecule has 0 aliphatic carbocycles. The van der Waals surface area contributed by atoms with Crippen LogP contribution in [0.4, 0.5) is 5.69 Å². The number of carbonyl (C=O) groups excluding carboxylic acids is 1. The molecule has 0 radical (unpaired) electrons. The maximum absolute atomic E-state index is 12.3. The van der Waals surface area contributed by atoms with Crippen molar-refractivity contribution in [2.45, 2.75) is 31.8 Å². The largest absolute Gasteiger partial charge is 0.388 e. The van der Waals surface area contributed by atoms with Crippen LogP contribution in [0.15, 0.2) is 29.2 Å². The second kappa shape index (κ2) is 8.97. The molecule has 0 bridgehead atoms. The minimum Gasteiger partial charge on any atom is -0.388 e. The highest BCUT2D eigenvalue weighted by Crippen LogP contribution is 2.18. The Kier molecular flexibility index (Phi) is 7.63. The average molecular weight is 344 g/mol. The summed E-state index contributed by atoms with van der Waals surface area (Å²) in [5.74, 6) is -0.204. The predicted molar refractivity (Wildman–Crippen MR) is 88.5 cm³/mol. The Labute approximate surface area is 137 Å². The summed E-state index contributed by atoms with van der Waals surface area (Å²) in [5.41, 5.74) is 0.541. The molecule has 0 heterocycles. The molecule has 0 aliphatic rings. The van der Waals surface area contributed by atoms with E-state index in [9.17, 15) is 13.2 Å². The molecule has 1 aromatic rings. The predicted octanol–water partition coefficient (Wildman–Crippen LogP) is -0.400. The summed E-state index contributed by atoms with van der Waals surface area (Å²) in [6.45, 7) is 6.72. The van der Waals surface area contributed by atoms with Crippen LogP contribution in [0.5, 0.6) is 0 Å². The van der Waals surface area contributed by atoms with Gasteiger partial charge in [-0.3, -0.25) is 4.79 Å². The first kappa shape index (κ1) is 19.6.